The summed E-state index contributed by atoms with van der Waals surface area (Å²) in [5.74, 6) is -1.70. The molecule has 0 saturated carbocycles. The van der Waals surface area contributed by atoms with Gasteiger partial charge < -0.3 is 10.4 Å². The van der Waals surface area contributed by atoms with E-state index < -0.39 is 27.9 Å². The lowest BCUT2D eigenvalue weighted by Crippen LogP contribution is -2.40. The maximum absolute atomic E-state index is 12.5. The minimum absolute atomic E-state index is 0.0179. The molecule has 0 bridgehead atoms. The third-order valence-corrected chi connectivity index (χ3v) is 5.94. The van der Waals surface area contributed by atoms with E-state index in [-0.39, 0.29) is 10.5 Å². The lowest BCUT2D eigenvalue weighted by Gasteiger charge is -2.19. The van der Waals surface area contributed by atoms with Crippen LogP contribution in [0.2, 0.25) is 0 Å². The number of aliphatic carboxylic acids is 1. The SMILES string of the molecule is CCCC[C@H](NC(=O)c1cccc(S(=O)(=O)N(CC)CC)c1)C(=O)O. The van der Waals surface area contributed by atoms with Crippen molar-refractivity contribution in [3.63, 3.8) is 0 Å². The number of carbonyl (C=O) groups is 2. The first-order valence-corrected chi connectivity index (χ1v) is 9.85. The molecular weight excluding hydrogens is 344 g/mol. The van der Waals surface area contributed by atoms with Crippen LogP contribution in [0.15, 0.2) is 29.2 Å². The molecule has 0 unspecified atom stereocenters. The lowest BCUT2D eigenvalue weighted by atomic mass is 10.1. The molecule has 140 valence electrons. The summed E-state index contributed by atoms with van der Waals surface area (Å²) in [7, 11) is -3.68. The van der Waals surface area contributed by atoms with Crippen LogP contribution in [0.25, 0.3) is 0 Å². The van der Waals surface area contributed by atoms with Gasteiger partial charge in [-0.15, -0.1) is 0 Å². The van der Waals surface area contributed by atoms with Gasteiger partial charge in [-0.3, -0.25) is 4.79 Å². The predicted molar refractivity (Wildman–Crippen MR) is 95.0 cm³/mol. The van der Waals surface area contributed by atoms with Gasteiger partial charge in [-0.05, 0) is 24.6 Å². The first kappa shape index (κ1) is 21.1. The summed E-state index contributed by atoms with van der Waals surface area (Å²) in [6, 6.07) is 4.66. The van der Waals surface area contributed by atoms with Crippen LogP contribution in [0.1, 0.15) is 50.4 Å². The van der Waals surface area contributed by atoms with E-state index >= 15 is 0 Å². The van der Waals surface area contributed by atoms with Crippen LogP contribution < -0.4 is 5.32 Å². The van der Waals surface area contributed by atoms with E-state index in [2.05, 4.69) is 5.32 Å². The molecule has 0 saturated heterocycles. The maximum atomic E-state index is 12.5. The maximum Gasteiger partial charge on any atom is 0.326 e. The summed E-state index contributed by atoms with van der Waals surface area (Å²) >= 11 is 0. The normalized spacial score (nSPS) is 12.8. The summed E-state index contributed by atoms with van der Waals surface area (Å²) in [6.45, 7) is 6.06. The van der Waals surface area contributed by atoms with Crippen LogP contribution in [-0.2, 0) is 14.8 Å². The van der Waals surface area contributed by atoms with E-state index in [1.807, 2.05) is 6.92 Å². The van der Waals surface area contributed by atoms with Crippen LogP contribution in [0.3, 0.4) is 0 Å². The van der Waals surface area contributed by atoms with E-state index in [1.54, 1.807) is 13.8 Å². The number of unbranched alkanes of at least 4 members (excludes halogenated alkanes) is 1. The molecule has 2 N–H and O–H groups in total. The summed E-state index contributed by atoms with van der Waals surface area (Å²) in [4.78, 5) is 23.6. The zero-order chi connectivity index (χ0) is 19.0. The number of nitrogens with zero attached hydrogens (tertiary/aromatic N) is 1. The zero-order valence-electron chi connectivity index (χ0n) is 14.9. The second kappa shape index (κ2) is 9.53. The molecule has 0 aliphatic heterocycles. The Morgan fingerprint density at radius 1 is 1.20 bits per heavy atom. The van der Waals surface area contributed by atoms with Gasteiger partial charge in [-0.1, -0.05) is 39.7 Å². The molecule has 1 atom stereocenters. The molecule has 8 heteroatoms. The Morgan fingerprint density at radius 2 is 1.84 bits per heavy atom. The number of carboxylic acids is 1. The summed E-state index contributed by atoms with van der Waals surface area (Å²) in [5.41, 5.74) is 0.121. The molecule has 1 rings (SSSR count). The molecule has 25 heavy (non-hydrogen) atoms. The predicted octanol–water partition coefficient (Wildman–Crippen LogP) is 2.09. The van der Waals surface area contributed by atoms with Gasteiger partial charge >= 0.3 is 5.97 Å². The number of benzene rings is 1. The Morgan fingerprint density at radius 3 is 2.36 bits per heavy atom. The van der Waals surface area contributed by atoms with E-state index in [0.29, 0.717) is 25.9 Å². The molecule has 0 heterocycles. The van der Waals surface area contributed by atoms with Crippen molar-refractivity contribution in [2.24, 2.45) is 0 Å². The molecule has 0 aromatic heterocycles. The zero-order valence-corrected chi connectivity index (χ0v) is 15.7. The summed E-state index contributed by atoms with van der Waals surface area (Å²) in [5, 5.41) is 11.7. The van der Waals surface area contributed by atoms with Crippen molar-refractivity contribution in [1.29, 1.82) is 0 Å². The second-order valence-corrected chi connectivity index (χ2v) is 7.56. The quantitative estimate of drug-likeness (QED) is 0.656. The van der Waals surface area contributed by atoms with Crippen molar-refractivity contribution in [2.75, 3.05) is 13.1 Å². The molecule has 0 aliphatic rings. The number of amides is 1. The van der Waals surface area contributed by atoms with Crippen molar-refractivity contribution in [2.45, 2.75) is 51.0 Å². The van der Waals surface area contributed by atoms with Crippen molar-refractivity contribution in [3.8, 4) is 0 Å². The highest BCUT2D eigenvalue weighted by Crippen LogP contribution is 2.17. The van der Waals surface area contributed by atoms with Gasteiger partial charge in [-0.25, -0.2) is 13.2 Å². The molecule has 0 spiro atoms. The summed E-state index contributed by atoms with van der Waals surface area (Å²) in [6.07, 6.45) is 1.82. The van der Waals surface area contributed by atoms with Crippen LogP contribution in [-0.4, -0.2) is 48.8 Å². The van der Waals surface area contributed by atoms with Gasteiger partial charge in [0.1, 0.15) is 6.04 Å². The topological polar surface area (TPSA) is 104 Å². The molecule has 7 nitrogen and oxygen atoms in total. The standard InChI is InChI=1S/C17H26N2O5S/c1-4-7-11-15(17(21)22)18-16(20)13-9-8-10-14(12-13)25(23,24)19(5-2)6-3/h8-10,12,15H,4-7,11H2,1-3H3,(H,18,20)(H,21,22)/t15-/m0/s1. The molecule has 1 aromatic carbocycles. The van der Waals surface area contributed by atoms with E-state index in [9.17, 15) is 23.1 Å². The fraction of sp³-hybridized carbons (Fsp3) is 0.529. The van der Waals surface area contributed by atoms with Crippen molar-refractivity contribution < 1.29 is 23.1 Å². The molecule has 1 aromatic rings. The molecule has 0 fully saturated rings. The average Bonchev–Trinajstić information content (AvgIpc) is 2.59. The van der Waals surface area contributed by atoms with E-state index in [0.717, 1.165) is 6.42 Å². The Hall–Kier alpha value is -1.93. The number of nitrogens with one attached hydrogen (secondary N) is 1. The van der Waals surface area contributed by atoms with Gasteiger partial charge in [0.25, 0.3) is 5.91 Å². The Labute approximate surface area is 149 Å². The fourth-order valence-corrected chi connectivity index (χ4v) is 3.92. The van der Waals surface area contributed by atoms with E-state index in [1.165, 1.54) is 28.6 Å². The second-order valence-electron chi connectivity index (χ2n) is 5.62. The number of carbonyl (C=O) groups excluding carboxylic acids is 1. The minimum Gasteiger partial charge on any atom is -0.480 e. The summed E-state index contributed by atoms with van der Waals surface area (Å²) < 4.78 is 26.4. The first-order chi connectivity index (χ1) is 11.8. The smallest absolute Gasteiger partial charge is 0.326 e. The van der Waals surface area contributed by atoms with Crippen LogP contribution in [0.5, 0.6) is 0 Å². The highest BCUT2D eigenvalue weighted by Gasteiger charge is 2.24. The molecule has 1 amide bonds. The van der Waals surface area contributed by atoms with Gasteiger partial charge in [0.05, 0.1) is 4.90 Å². The van der Waals surface area contributed by atoms with Crippen LogP contribution in [0.4, 0.5) is 0 Å². The number of hydrogen-bond acceptors (Lipinski definition) is 4. The number of carboxylic acid groups (broad SMARTS) is 1. The lowest BCUT2D eigenvalue weighted by molar-refractivity contribution is -0.139. The van der Waals surface area contributed by atoms with Gasteiger partial charge in [0, 0.05) is 18.7 Å². The third-order valence-electron chi connectivity index (χ3n) is 3.89. The molecule has 0 aliphatic carbocycles. The van der Waals surface area contributed by atoms with Gasteiger partial charge in [0.2, 0.25) is 10.0 Å². The minimum atomic E-state index is -3.68. The first-order valence-electron chi connectivity index (χ1n) is 8.41. The Kier molecular flexibility index (Phi) is 8.05. The largest absolute Gasteiger partial charge is 0.480 e. The van der Waals surface area contributed by atoms with Crippen molar-refractivity contribution in [3.05, 3.63) is 29.8 Å². The number of rotatable bonds is 10. The number of sulfonamides is 1. The Balaban J connectivity index is 3.04. The highest BCUT2D eigenvalue weighted by molar-refractivity contribution is 7.89. The van der Waals surface area contributed by atoms with E-state index in [4.69, 9.17) is 0 Å². The fourth-order valence-electron chi connectivity index (χ4n) is 2.42. The Bertz CT molecular complexity index is 699. The molecule has 0 radical (unpaired) electrons. The molecular formula is C17H26N2O5S. The third kappa shape index (κ3) is 5.54. The van der Waals surface area contributed by atoms with Gasteiger partial charge in [0.15, 0.2) is 0 Å². The van der Waals surface area contributed by atoms with Gasteiger partial charge in [-0.2, -0.15) is 4.31 Å². The monoisotopic (exact) mass is 370 g/mol. The average molecular weight is 370 g/mol. The van der Waals surface area contributed by atoms with Crippen LogP contribution >= 0.6 is 0 Å². The number of hydrogen-bond donors (Lipinski definition) is 2. The van der Waals surface area contributed by atoms with Crippen molar-refractivity contribution >= 4 is 21.9 Å². The van der Waals surface area contributed by atoms with Crippen molar-refractivity contribution in [1.82, 2.24) is 9.62 Å². The highest BCUT2D eigenvalue weighted by atomic mass is 32.2. The van der Waals surface area contributed by atoms with Crippen LogP contribution in [0, 0.1) is 0 Å².